The summed E-state index contributed by atoms with van der Waals surface area (Å²) in [5.74, 6) is -0.115. The number of carbonyl (C=O) groups is 2. The van der Waals surface area contributed by atoms with Crippen LogP contribution in [0.4, 0.5) is 11.4 Å². The summed E-state index contributed by atoms with van der Waals surface area (Å²) in [6.07, 6.45) is 3.20. The number of rotatable bonds is 10. The molecule has 9 nitrogen and oxygen atoms in total. The smallest absolute Gasteiger partial charge is 0.261 e. The third kappa shape index (κ3) is 7.04. The van der Waals surface area contributed by atoms with Crippen LogP contribution in [0.15, 0.2) is 78.0 Å². The van der Waals surface area contributed by atoms with E-state index in [0.717, 1.165) is 0 Å². The fraction of sp³-hybridized carbons (Fsp3) is 0.174. The van der Waals surface area contributed by atoms with Crippen molar-refractivity contribution in [1.82, 2.24) is 10.3 Å². The van der Waals surface area contributed by atoms with E-state index in [9.17, 15) is 18.0 Å². The minimum Gasteiger partial charge on any atom is -0.494 e. The average molecular weight is 469 g/mol. The van der Waals surface area contributed by atoms with Gasteiger partial charge >= 0.3 is 0 Å². The van der Waals surface area contributed by atoms with Crippen molar-refractivity contribution in [3.63, 3.8) is 0 Å². The van der Waals surface area contributed by atoms with Crippen LogP contribution in [-0.4, -0.2) is 38.4 Å². The lowest BCUT2D eigenvalue weighted by Crippen LogP contribution is -2.27. The Balaban J connectivity index is 1.56. The van der Waals surface area contributed by atoms with Crippen molar-refractivity contribution in [2.45, 2.75) is 18.2 Å². The van der Waals surface area contributed by atoms with Gasteiger partial charge in [0.1, 0.15) is 5.75 Å². The molecule has 0 spiro atoms. The Morgan fingerprint density at radius 3 is 2.45 bits per heavy atom. The van der Waals surface area contributed by atoms with E-state index in [2.05, 4.69) is 20.3 Å². The quantitative estimate of drug-likeness (QED) is 0.420. The lowest BCUT2D eigenvalue weighted by atomic mass is 10.2. The van der Waals surface area contributed by atoms with Crippen LogP contribution in [0, 0.1) is 0 Å². The van der Waals surface area contributed by atoms with E-state index in [4.69, 9.17) is 4.74 Å². The summed E-state index contributed by atoms with van der Waals surface area (Å²) >= 11 is 0. The first-order chi connectivity index (χ1) is 15.9. The van der Waals surface area contributed by atoms with Gasteiger partial charge in [0.25, 0.3) is 15.9 Å². The highest BCUT2D eigenvalue weighted by atomic mass is 32.2. The molecule has 33 heavy (non-hydrogen) atoms. The maximum absolute atomic E-state index is 12.6. The van der Waals surface area contributed by atoms with Crippen molar-refractivity contribution < 1.29 is 22.7 Å². The molecular formula is C23H24N4O5S. The Morgan fingerprint density at radius 1 is 1.00 bits per heavy atom. The molecule has 0 radical (unpaired) electrons. The zero-order valence-electron chi connectivity index (χ0n) is 17.9. The minimum absolute atomic E-state index is 0.0698. The molecular weight excluding hydrogens is 444 g/mol. The van der Waals surface area contributed by atoms with Crippen LogP contribution in [0.2, 0.25) is 0 Å². The maximum Gasteiger partial charge on any atom is 0.261 e. The van der Waals surface area contributed by atoms with E-state index in [-0.39, 0.29) is 35.0 Å². The Bertz CT molecular complexity index is 1200. The van der Waals surface area contributed by atoms with Crippen molar-refractivity contribution in [3.05, 3.63) is 78.6 Å². The number of nitrogens with one attached hydrogen (secondary N) is 3. The number of aromatic nitrogens is 1. The molecule has 0 fully saturated rings. The van der Waals surface area contributed by atoms with Crippen LogP contribution >= 0.6 is 0 Å². The standard InChI is InChI=1S/C23H24N4O5S/c1-2-32-20-8-10-21(11-9-20)33(30,31)27-18-6-3-5-17(15-18)23(29)25-14-12-22(28)26-19-7-4-13-24-16-19/h3-11,13,15-16,27H,2,12,14H2,1H3,(H,25,29)(H,26,28). The molecule has 0 unspecified atom stereocenters. The van der Waals surface area contributed by atoms with Crippen molar-refractivity contribution in [2.75, 3.05) is 23.2 Å². The van der Waals surface area contributed by atoms with Gasteiger partial charge in [0.2, 0.25) is 5.91 Å². The lowest BCUT2D eigenvalue weighted by Gasteiger charge is -2.11. The van der Waals surface area contributed by atoms with Crippen molar-refractivity contribution in [2.24, 2.45) is 0 Å². The molecule has 0 saturated heterocycles. The average Bonchev–Trinajstić information content (AvgIpc) is 2.80. The number of pyridine rings is 1. The summed E-state index contributed by atoms with van der Waals surface area (Å²) in [4.78, 5) is 28.4. The highest BCUT2D eigenvalue weighted by molar-refractivity contribution is 7.92. The second-order valence-electron chi connectivity index (χ2n) is 6.89. The molecule has 3 aromatic rings. The van der Waals surface area contributed by atoms with Crippen LogP contribution in [-0.2, 0) is 14.8 Å². The zero-order valence-corrected chi connectivity index (χ0v) is 18.8. The Hall–Kier alpha value is -3.92. The Labute approximate surface area is 192 Å². The lowest BCUT2D eigenvalue weighted by molar-refractivity contribution is -0.116. The molecule has 3 N–H and O–H groups in total. The van der Waals surface area contributed by atoms with E-state index >= 15 is 0 Å². The number of hydrogen-bond donors (Lipinski definition) is 3. The molecule has 172 valence electrons. The number of nitrogens with zero attached hydrogens (tertiary/aromatic N) is 1. The molecule has 0 aliphatic rings. The number of hydrogen-bond acceptors (Lipinski definition) is 6. The van der Waals surface area contributed by atoms with Gasteiger partial charge in [-0.3, -0.25) is 19.3 Å². The molecule has 1 heterocycles. The van der Waals surface area contributed by atoms with Crippen LogP contribution in [0.25, 0.3) is 0 Å². The summed E-state index contributed by atoms with van der Waals surface area (Å²) in [7, 11) is -3.84. The first kappa shape index (κ1) is 23.7. The zero-order chi connectivity index (χ0) is 23.7. The Kier molecular flexibility index (Phi) is 7.98. The van der Waals surface area contributed by atoms with Crippen LogP contribution in [0.1, 0.15) is 23.7 Å². The van der Waals surface area contributed by atoms with E-state index in [0.29, 0.717) is 18.0 Å². The summed E-state index contributed by atoms with van der Waals surface area (Å²) in [5, 5.41) is 5.33. The maximum atomic E-state index is 12.6. The third-order valence-electron chi connectivity index (χ3n) is 4.40. The van der Waals surface area contributed by atoms with Crippen LogP contribution in [0.5, 0.6) is 5.75 Å². The summed E-state index contributed by atoms with van der Waals surface area (Å²) in [6, 6.07) is 15.6. The first-order valence-corrected chi connectivity index (χ1v) is 11.7. The van der Waals surface area contributed by atoms with Gasteiger partial charge in [0, 0.05) is 30.4 Å². The first-order valence-electron chi connectivity index (χ1n) is 10.2. The van der Waals surface area contributed by atoms with Gasteiger partial charge in [0.15, 0.2) is 0 Å². The third-order valence-corrected chi connectivity index (χ3v) is 5.80. The van der Waals surface area contributed by atoms with Gasteiger partial charge in [0.05, 0.1) is 23.4 Å². The molecule has 0 atom stereocenters. The highest BCUT2D eigenvalue weighted by Crippen LogP contribution is 2.20. The van der Waals surface area contributed by atoms with E-state index in [1.165, 1.54) is 24.4 Å². The van der Waals surface area contributed by atoms with Gasteiger partial charge in [-0.2, -0.15) is 0 Å². The SMILES string of the molecule is CCOc1ccc(S(=O)(=O)Nc2cccc(C(=O)NCCC(=O)Nc3cccnc3)c2)cc1. The van der Waals surface area contributed by atoms with Crippen molar-refractivity contribution in [1.29, 1.82) is 0 Å². The molecule has 0 aliphatic heterocycles. The Morgan fingerprint density at radius 2 is 1.76 bits per heavy atom. The fourth-order valence-corrected chi connectivity index (χ4v) is 3.92. The van der Waals surface area contributed by atoms with Crippen molar-refractivity contribution >= 4 is 33.2 Å². The molecule has 3 rings (SSSR count). The highest BCUT2D eigenvalue weighted by Gasteiger charge is 2.15. The van der Waals surface area contributed by atoms with E-state index in [1.807, 2.05) is 6.92 Å². The van der Waals surface area contributed by atoms with Gasteiger partial charge in [-0.1, -0.05) is 6.07 Å². The largest absolute Gasteiger partial charge is 0.494 e. The predicted octanol–water partition coefficient (Wildman–Crippen LogP) is 3.04. The van der Waals surface area contributed by atoms with Gasteiger partial charge < -0.3 is 15.4 Å². The summed E-state index contributed by atoms with van der Waals surface area (Å²) < 4.78 is 33.1. The molecule has 0 bridgehead atoms. The van der Waals surface area contributed by atoms with E-state index in [1.54, 1.807) is 48.7 Å². The molecule has 0 aliphatic carbocycles. The summed E-state index contributed by atoms with van der Waals surface area (Å²) in [5.41, 5.74) is 1.07. The molecule has 1 aromatic heterocycles. The van der Waals surface area contributed by atoms with Gasteiger partial charge in [-0.25, -0.2) is 8.42 Å². The fourth-order valence-electron chi connectivity index (χ4n) is 2.87. The van der Waals surface area contributed by atoms with Crippen LogP contribution < -0.4 is 20.1 Å². The molecule has 2 amide bonds. The number of amides is 2. The predicted molar refractivity (Wildman–Crippen MR) is 125 cm³/mol. The van der Waals surface area contributed by atoms with Gasteiger partial charge in [-0.15, -0.1) is 0 Å². The summed E-state index contributed by atoms with van der Waals surface area (Å²) in [6.45, 7) is 2.44. The normalized spacial score (nSPS) is 10.8. The molecule has 0 saturated carbocycles. The topological polar surface area (TPSA) is 126 Å². The molecule has 10 heteroatoms. The van der Waals surface area contributed by atoms with Gasteiger partial charge in [-0.05, 0) is 61.5 Å². The van der Waals surface area contributed by atoms with E-state index < -0.39 is 15.9 Å². The monoisotopic (exact) mass is 468 g/mol. The number of benzene rings is 2. The number of anilines is 2. The van der Waals surface area contributed by atoms with Crippen molar-refractivity contribution in [3.8, 4) is 5.75 Å². The number of carbonyl (C=O) groups excluding carboxylic acids is 2. The molecule has 2 aromatic carbocycles. The second-order valence-corrected chi connectivity index (χ2v) is 8.57. The second kappa shape index (κ2) is 11.1. The van der Waals surface area contributed by atoms with Crippen LogP contribution in [0.3, 0.4) is 0 Å². The number of sulfonamides is 1. The number of ether oxygens (including phenoxy) is 1. The minimum atomic E-state index is -3.84.